The van der Waals surface area contributed by atoms with Crippen LogP contribution in [0.4, 0.5) is 5.69 Å². The summed E-state index contributed by atoms with van der Waals surface area (Å²) in [6, 6.07) is 14.8. The lowest BCUT2D eigenvalue weighted by atomic mass is 9.92. The Morgan fingerprint density at radius 2 is 1.78 bits per heavy atom. The molecular formula is C29H43Cl2N3O2. The number of hydrogen-bond donors (Lipinski definition) is 0. The van der Waals surface area contributed by atoms with E-state index in [9.17, 15) is 4.79 Å². The fourth-order valence-corrected chi connectivity index (χ4v) is 5.03. The van der Waals surface area contributed by atoms with E-state index in [0.717, 1.165) is 50.5 Å². The van der Waals surface area contributed by atoms with E-state index >= 15 is 0 Å². The summed E-state index contributed by atoms with van der Waals surface area (Å²) in [6.45, 7) is 19.1. The molecule has 0 radical (unpaired) electrons. The van der Waals surface area contributed by atoms with Crippen molar-refractivity contribution in [3.8, 4) is 5.75 Å². The first-order chi connectivity index (χ1) is 16.2. The quantitative estimate of drug-likeness (QED) is 0.364. The molecule has 200 valence electrons. The number of piperazine rings is 1. The van der Waals surface area contributed by atoms with Gasteiger partial charge in [0.05, 0.1) is 12.8 Å². The number of anilines is 1. The Morgan fingerprint density at radius 3 is 2.33 bits per heavy atom. The summed E-state index contributed by atoms with van der Waals surface area (Å²) in [5.74, 6) is 0.995. The van der Waals surface area contributed by atoms with Gasteiger partial charge in [-0.1, -0.05) is 30.3 Å². The molecular weight excluding hydrogens is 493 g/mol. The van der Waals surface area contributed by atoms with Crippen LogP contribution in [0.15, 0.2) is 55.1 Å². The van der Waals surface area contributed by atoms with Gasteiger partial charge in [0.2, 0.25) is 0 Å². The minimum absolute atomic E-state index is 0. The maximum Gasteiger partial charge on any atom is 0.253 e. The largest absolute Gasteiger partial charge is 0.495 e. The maximum absolute atomic E-state index is 12.7. The van der Waals surface area contributed by atoms with Crippen molar-refractivity contribution in [2.24, 2.45) is 0 Å². The van der Waals surface area contributed by atoms with E-state index in [4.69, 9.17) is 4.74 Å². The molecule has 1 aliphatic rings. The van der Waals surface area contributed by atoms with Crippen LogP contribution in [-0.4, -0.2) is 67.1 Å². The highest BCUT2D eigenvalue weighted by Gasteiger charge is 2.38. The molecule has 0 saturated carbocycles. The van der Waals surface area contributed by atoms with Crippen LogP contribution in [0.1, 0.15) is 56.1 Å². The molecule has 1 amide bonds. The highest BCUT2D eigenvalue weighted by atomic mass is 35.5. The van der Waals surface area contributed by atoms with E-state index < -0.39 is 0 Å². The monoisotopic (exact) mass is 535 g/mol. The minimum Gasteiger partial charge on any atom is -0.495 e. The van der Waals surface area contributed by atoms with Gasteiger partial charge in [-0.15, -0.1) is 31.4 Å². The zero-order valence-electron chi connectivity index (χ0n) is 22.6. The Labute approximate surface area is 230 Å². The molecule has 2 aromatic carbocycles. The summed E-state index contributed by atoms with van der Waals surface area (Å²) in [4.78, 5) is 19.5. The Morgan fingerprint density at radius 1 is 1.14 bits per heavy atom. The molecule has 0 N–H and O–H groups in total. The third-order valence-electron chi connectivity index (χ3n) is 6.97. The normalized spacial score (nSPS) is 16.9. The topological polar surface area (TPSA) is 36.0 Å². The zero-order chi connectivity index (χ0) is 24.9. The lowest BCUT2D eigenvalue weighted by Gasteiger charge is -2.52. The molecule has 1 unspecified atom stereocenters. The van der Waals surface area contributed by atoms with Crippen molar-refractivity contribution in [3.05, 3.63) is 71.8 Å². The summed E-state index contributed by atoms with van der Waals surface area (Å²) in [6.07, 6.45) is 2.77. The standard InChI is InChI=1S/C29H41N3O2.2ClH/c1-8-18-31-21-29(5,6)32(20-22(31)4)27-25(12-11-13-26(27)34-7)19-23-14-16-24(17-15-23)28(33)30(9-2)10-3;;/h8,11-17,22H,1,9-10,18-21H2,2-7H3;2*1H. The number of benzene rings is 2. The molecule has 7 heteroatoms. The summed E-state index contributed by atoms with van der Waals surface area (Å²) < 4.78 is 5.86. The van der Waals surface area contributed by atoms with Gasteiger partial charge in [0, 0.05) is 49.9 Å². The van der Waals surface area contributed by atoms with Crippen LogP contribution in [0.3, 0.4) is 0 Å². The van der Waals surface area contributed by atoms with Gasteiger partial charge in [0.1, 0.15) is 5.75 Å². The second-order valence-corrected chi connectivity index (χ2v) is 9.81. The van der Waals surface area contributed by atoms with Gasteiger partial charge >= 0.3 is 0 Å². The fourth-order valence-electron chi connectivity index (χ4n) is 5.03. The zero-order valence-corrected chi connectivity index (χ0v) is 24.3. The highest BCUT2D eigenvalue weighted by molar-refractivity contribution is 5.94. The first kappa shape index (κ1) is 31.8. The Bertz CT molecular complexity index is 991. The van der Waals surface area contributed by atoms with Crippen molar-refractivity contribution in [2.75, 3.05) is 44.7 Å². The number of methoxy groups -OCH3 is 1. The van der Waals surface area contributed by atoms with Gasteiger partial charge in [-0.25, -0.2) is 0 Å². The second kappa shape index (κ2) is 13.9. The number of para-hydroxylation sites is 1. The molecule has 5 nitrogen and oxygen atoms in total. The average molecular weight is 537 g/mol. The van der Waals surface area contributed by atoms with Crippen molar-refractivity contribution < 1.29 is 9.53 Å². The lowest BCUT2D eigenvalue weighted by molar-refractivity contribution is 0.0773. The maximum atomic E-state index is 12.7. The molecule has 2 aromatic rings. The van der Waals surface area contributed by atoms with Crippen molar-refractivity contribution >= 4 is 36.4 Å². The lowest BCUT2D eigenvalue weighted by Crippen LogP contribution is -2.63. The predicted molar refractivity (Wildman–Crippen MR) is 157 cm³/mol. The van der Waals surface area contributed by atoms with Gasteiger partial charge in [-0.05, 0) is 70.4 Å². The van der Waals surface area contributed by atoms with Crippen LogP contribution in [0.2, 0.25) is 0 Å². The Kier molecular flexibility index (Phi) is 12.3. The number of carbonyl (C=O) groups excluding carboxylic acids is 1. The molecule has 1 aliphatic heterocycles. The van der Waals surface area contributed by atoms with Crippen LogP contribution in [0.5, 0.6) is 5.75 Å². The molecule has 0 aliphatic carbocycles. The van der Waals surface area contributed by atoms with Crippen LogP contribution in [0, 0.1) is 0 Å². The number of nitrogens with zero attached hydrogens (tertiary/aromatic N) is 3. The predicted octanol–water partition coefficient (Wildman–Crippen LogP) is 6.09. The average Bonchev–Trinajstić information content (AvgIpc) is 2.82. The Balaban J connectivity index is 0.00000324. The van der Waals surface area contributed by atoms with E-state index in [1.54, 1.807) is 7.11 Å². The molecule has 1 saturated heterocycles. The first-order valence-electron chi connectivity index (χ1n) is 12.4. The van der Waals surface area contributed by atoms with Crippen molar-refractivity contribution in [1.29, 1.82) is 0 Å². The number of amides is 1. The SMILES string of the molecule is C=CCN1CC(C)(C)N(c2c(Cc3ccc(C(=O)N(CC)CC)cc3)cccc2OC)CC1C.Cl.Cl. The number of halogens is 2. The minimum atomic E-state index is -0.0566. The summed E-state index contributed by atoms with van der Waals surface area (Å²) in [7, 11) is 1.75. The summed E-state index contributed by atoms with van der Waals surface area (Å²) >= 11 is 0. The van der Waals surface area contributed by atoms with Crippen LogP contribution < -0.4 is 9.64 Å². The van der Waals surface area contributed by atoms with Gasteiger partial charge < -0.3 is 14.5 Å². The Hall–Kier alpha value is -2.21. The molecule has 1 heterocycles. The van der Waals surface area contributed by atoms with Crippen molar-refractivity contribution in [2.45, 2.75) is 52.6 Å². The van der Waals surface area contributed by atoms with E-state index in [0.29, 0.717) is 6.04 Å². The number of ether oxygens (including phenoxy) is 1. The van der Waals surface area contributed by atoms with E-state index in [1.807, 2.05) is 37.0 Å². The smallest absolute Gasteiger partial charge is 0.253 e. The van der Waals surface area contributed by atoms with Crippen molar-refractivity contribution in [1.82, 2.24) is 9.80 Å². The highest BCUT2D eigenvalue weighted by Crippen LogP contribution is 2.40. The molecule has 36 heavy (non-hydrogen) atoms. The van der Waals surface area contributed by atoms with E-state index in [-0.39, 0.29) is 36.3 Å². The van der Waals surface area contributed by atoms with Crippen LogP contribution >= 0.6 is 24.8 Å². The fraction of sp³-hybridized carbons (Fsp3) is 0.483. The van der Waals surface area contributed by atoms with E-state index in [2.05, 4.69) is 67.5 Å². The van der Waals surface area contributed by atoms with Gasteiger partial charge in [0.15, 0.2) is 0 Å². The first-order valence-corrected chi connectivity index (χ1v) is 12.4. The number of hydrogen-bond acceptors (Lipinski definition) is 4. The number of carbonyl (C=O) groups is 1. The van der Waals surface area contributed by atoms with Crippen molar-refractivity contribution in [3.63, 3.8) is 0 Å². The van der Waals surface area contributed by atoms with E-state index in [1.165, 1.54) is 16.8 Å². The van der Waals surface area contributed by atoms with Crippen LogP contribution in [-0.2, 0) is 6.42 Å². The van der Waals surface area contributed by atoms with Crippen LogP contribution in [0.25, 0.3) is 0 Å². The summed E-state index contributed by atoms with van der Waals surface area (Å²) in [5, 5.41) is 0. The van der Waals surface area contributed by atoms with Gasteiger partial charge in [0.25, 0.3) is 5.91 Å². The molecule has 1 fully saturated rings. The third-order valence-corrected chi connectivity index (χ3v) is 6.97. The molecule has 3 rings (SSSR count). The molecule has 1 atom stereocenters. The summed E-state index contributed by atoms with van der Waals surface area (Å²) in [5.41, 5.74) is 4.27. The second-order valence-electron chi connectivity index (χ2n) is 9.81. The molecule has 0 bridgehead atoms. The third kappa shape index (κ3) is 6.96. The van der Waals surface area contributed by atoms with Gasteiger partial charge in [-0.2, -0.15) is 0 Å². The molecule has 0 spiro atoms. The van der Waals surface area contributed by atoms with Gasteiger partial charge in [-0.3, -0.25) is 9.69 Å². The number of rotatable bonds is 9. The molecule has 0 aromatic heterocycles.